The Morgan fingerprint density at radius 1 is 1.09 bits per heavy atom. The third-order valence-electron chi connectivity index (χ3n) is 3.46. The maximum Gasteiger partial charge on any atom is 0.338 e. The van der Waals surface area contributed by atoms with Gasteiger partial charge in [-0.3, -0.25) is 4.79 Å². The van der Waals surface area contributed by atoms with Crippen molar-refractivity contribution in [3.8, 4) is 6.07 Å². The van der Waals surface area contributed by atoms with Crippen molar-refractivity contribution in [1.82, 2.24) is 0 Å². The lowest BCUT2D eigenvalue weighted by molar-refractivity contribution is 0.0474. The van der Waals surface area contributed by atoms with Gasteiger partial charge in [0.2, 0.25) is 0 Å². The lowest BCUT2D eigenvalue weighted by Crippen LogP contribution is -2.14. The Balaban J connectivity index is 1.98. The zero-order valence-electron chi connectivity index (χ0n) is 13.1. The van der Waals surface area contributed by atoms with Gasteiger partial charge in [0.1, 0.15) is 0 Å². The van der Waals surface area contributed by atoms with Crippen LogP contribution < -0.4 is 0 Å². The van der Waals surface area contributed by atoms with Crippen LogP contribution in [0.25, 0.3) is 0 Å². The summed E-state index contributed by atoms with van der Waals surface area (Å²) in [7, 11) is 0. The van der Waals surface area contributed by atoms with E-state index in [-0.39, 0.29) is 18.0 Å². The molecule has 0 saturated carbocycles. The minimum atomic E-state index is -0.616. The van der Waals surface area contributed by atoms with Crippen molar-refractivity contribution in [2.75, 3.05) is 6.61 Å². The number of esters is 1. The van der Waals surface area contributed by atoms with Gasteiger partial charge in [-0.25, -0.2) is 4.79 Å². The highest BCUT2D eigenvalue weighted by Crippen LogP contribution is 2.15. The molecule has 0 saturated heterocycles. The van der Waals surface area contributed by atoms with E-state index in [1.165, 1.54) is 6.07 Å². The molecule has 0 aromatic heterocycles. The first-order valence-corrected chi connectivity index (χ1v) is 7.31. The fraction of sp³-hybridized carbons (Fsp3) is 0.211. The molecule has 0 radical (unpaired) electrons. The van der Waals surface area contributed by atoms with Gasteiger partial charge in [-0.15, -0.1) is 0 Å². The van der Waals surface area contributed by atoms with E-state index in [0.29, 0.717) is 17.0 Å². The van der Waals surface area contributed by atoms with E-state index in [1.54, 1.807) is 30.3 Å². The van der Waals surface area contributed by atoms with Gasteiger partial charge in [-0.05, 0) is 29.7 Å². The summed E-state index contributed by atoms with van der Waals surface area (Å²) in [5.74, 6) is -0.483. The first-order valence-electron chi connectivity index (χ1n) is 7.31. The number of benzene rings is 2. The predicted octanol–water partition coefficient (Wildman–Crippen LogP) is 3.72. The number of ketones is 1. The maximum atomic E-state index is 12.1. The van der Waals surface area contributed by atoms with Gasteiger partial charge in [-0.1, -0.05) is 44.2 Å². The smallest absolute Gasteiger partial charge is 0.338 e. The summed E-state index contributed by atoms with van der Waals surface area (Å²) in [4.78, 5) is 24.0. The zero-order valence-corrected chi connectivity index (χ0v) is 13.1. The van der Waals surface area contributed by atoms with Crippen molar-refractivity contribution >= 4 is 11.8 Å². The minimum absolute atomic E-state index is 0.256. The van der Waals surface area contributed by atoms with Crippen molar-refractivity contribution in [3.05, 3.63) is 70.8 Å². The summed E-state index contributed by atoms with van der Waals surface area (Å²) in [6.45, 7) is 3.83. The number of hydrogen-bond acceptors (Lipinski definition) is 4. The summed E-state index contributed by atoms with van der Waals surface area (Å²) >= 11 is 0. The highest BCUT2D eigenvalue weighted by Gasteiger charge is 2.12. The minimum Gasteiger partial charge on any atom is -0.454 e. The second-order valence-electron chi connectivity index (χ2n) is 5.47. The van der Waals surface area contributed by atoms with Gasteiger partial charge in [0.05, 0.1) is 17.2 Å². The lowest BCUT2D eigenvalue weighted by atomic mass is 10.0. The van der Waals surface area contributed by atoms with Gasteiger partial charge < -0.3 is 4.74 Å². The van der Waals surface area contributed by atoms with Crippen LogP contribution in [-0.2, 0) is 4.74 Å². The molecule has 4 heteroatoms. The molecule has 0 aliphatic rings. The number of nitriles is 1. The number of hydrogen-bond donors (Lipinski definition) is 0. The van der Waals surface area contributed by atoms with Crippen LogP contribution in [0.2, 0.25) is 0 Å². The average Bonchev–Trinajstić information content (AvgIpc) is 2.59. The molecule has 0 spiro atoms. The van der Waals surface area contributed by atoms with Crippen LogP contribution in [-0.4, -0.2) is 18.4 Å². The van der Waals surface area contributed by atoms with E-state index < -0.39 is 5.97 Å². The van der Waals surface area contributed by atoms with E-state index in [2.05, 4.69) is 13.8 Å². The third-order valence-corrected chi connectivity index (χ3v) is 3.46. The van der Waals surface area contributed by atoms with Crippen molar-refractivity contribution in [1.29, 1.82) is 5.26 Å². The summed E-state index contributed by atoms with van der Waals surface area (Å²) in [6.07, 6.45) is 0. The first kappa shape index (κ1) is 16.4. The molecule has 0 N–H and O–H groups in total. The molecule has 0 bridgehead atoms. The van der Waals surface area contributed by atoms with E-state index >= 15 is 0 Å². The fourth-order valence-corrected chi connectivity index (χ4v) is 2.07. The molecule has 0 aliphatic heterocycles. The highest BCUT2D eigenvalue weighted by atomic mass is 16.5. The molecule has 0 amide bonds. The number of carbonyl (C=O) groups is 2. The molecule has 23 heavy (non-hydrogen) atoms. The quantitative estimate of drug-likeness (QED) is 0.623. The largest absolute Gasteiger partial charge is 0.454 e. The number of Topliss-reactive ketones (excluding diaryl/α,β-unsaturated/α-hetero) is 1. The van der Waals surface area contributed by atoms with Crippen LogP contribution in [0.5, 0.6) is 0 Å². The topological polar surface area (TPSA) is 67.2 Å². The molecule has 2 rings (SSSR count). The molecular formula is C19H17NO3. The van der Waals surface area contributed by atoms with Crippen LogP contribution in [0.15, 0.2) is 48.5 Å². The van der Waals surface area contributed by atoms with Crippen molar-refractivity contribution in [3.63, 3.8) is 0 Å². The Morgan fingerprint density at radius 3 is 2.39 bits per heavy atom. The Morgan fingerprint density at radius 2 is 1.78 bits per heavy atom. The summed E-state index contributed by atoms with van der Waals surface area (Å²) < 4.78 is 5.02. The molecular weight excluding hydrogens is 290 g/mol. The van der Waals surface area contributed by atoms with Crippen molar-refractivity contribution in [2.24, 2.45) is 0 Å². The number of nitrogens with zero attached hydrogens (tertiary/aromatic N) is 1. The molecule has 0 fully saturated rings. The Labute approximate surface area is 135 Å². The molecule has 0 heterocycles. The van der Waals surface area contributed by atoms with Crippen LogP contribution in [0.1, 0.15) is 51.6 Å². The number of ether oxygens (including phenoxy) is 1. The van der Waals surface area contributed by atoms with Crippen LogP contribution >= 0.6 is 0 Å². The standard InChI is InChI=1S/C19H17NO3/c1-13(2)15-6-8-16(9-7-15)18(21)12-23-19(22)17-5-3-4-14(10-17)11-20/h3-10,13H,12H2,1-2H3. The highest BCUT2D eigenvalue weighted by molar-refractivity contribution is 5.99. The van der Waals surface area contributed by atoms with Gasteiger partial charge in [0.15, 0.2) is 12.4 Å². The van der Waals surface area contributed by atoms with Crippen LogP contribution in [0.3, 0.4) is 0 Å². The normalized spacial score (nSPS) is 10.2. The van der Waals surface area contributed by atoms with Gasteiger partial charge in [-0.2, -0.15) is 5.26 Å². The van der Waals surface area contributed by atoms with Gasteiger partial charge >= 0.3 is 5.97 Å². The molecule has 0 atom stereocenters. The van der Waals surface area contributed by atoms with Gasteiger partial charge in [0, 0.05) is 5.56 Å². The van der Waals surface area contributed by atoms with Crippen LogP contribution in [0, 0.1) is 11.3 Å². The summed E-state index contributed by atoms with van der Waals surface area (Å²) in [5, 5.41) is 8.82. The molecule has 4 nitrogen and oxygen atoms in total. The Kier molecular flexibility index (Phi) is 5.27. The third kappa shape index (κ3) is 4.27. The molecule has 2 aromatic carbocycles. The zero-order chi connectivity index (χ0) is 16.8. The Bertz CT molecular complexity index is 755. The fourth-order valence-electron chi connectivity index (χ4n) is 2.07. The predicted molar refractivity (Wildman–Crippen MR) is 86.3 cm³/mol. The van der Waals surface area contributed by atoms with Crippen molar-refractivity contribution in [2.45, 2.75) is 19.8 Å². The monoisotopic (exact) mass is 307 g/mol. The molecule has 2 aromatic rings. The maximum absolute atomic E-state index is 12.1. The Hall–Kier alpha value is -2.93. The number of rotatable bonds is 5. The second kappa shape index (κ2) is 7.37. The van der Waals surface area contributed by atoms with E-state index in [4.69, 9.17) is 10.00 Å². The van der Waals surface area contributed by atoms with E-state index in [0.717, 1.165) is 5.56 Å². The van der Waals surface area contributed by atoms with E-state index in [9.17, 15) is 9.59 Å². The molecule has 0 aliphatic carbocycles. The average molecular weight is 307 g/mol. The van der Waals surface area contributed by atoms with Crippen molar-refractivity contribution < 1.29 is 14.3 Å². The van der Waals surface area contributed by atoms with Gasteiger partial charge in [0.25, 0.3) is 0 Å². The molecule has 116 valence electrons. The summed E-state index contributed by atoms with van der Waals surface area (Å²) in [5.41, 5.74) is 2.28. The SMILES string of the molecule is CC(C)c1ccc(C(=O)COC(=O)c2cccc(C#N)c2)cc1. The van der Waals surface area contributed by atoms with Crippen LogP contribution in [0.4, 0.5) is 0 Å². The lowest BCUT2D eigenvalue weighted by Gasteiger charge is -2.07. The summed E-state index contributed by atoms with van der Waals surface area (Å²) in [6, 6.07) is 15.4. The number of carbonyl (C=O) groups excluding carboxylic acids is 2. The second-order valence-corrected chi connectivity index (χ2v) is 5.47. The first-order chi connectivity index (χ1) is 11.0. The van der Waals surface area contributed by atoms with E-state index in [1.807, 2.05) is 18.2 Å². The molecule has 0 unspecified atom stereocenters.